The Labute approximate surface area is 128 Å². The van der Waals surface area contributed by atoms with Crippen molar-refractivity contribution in [2.24, 2.45) is 11.1 Å². The summed E-state index contributed by atoms with van der Waals surface area (Å²) in [6.07, 6.45) is 4.32. The molecule has 0 fully saturated rings. The average Bonchev–Trinajstić information content (AvgIpc) is 2.78. The van der Waals surface area contributed by atoms with Crippen molar-refractivity contribution in [1.29, 1.82) is 0 Å². The summed E-state index contributed by atoms with van der Waals surface area (Å²) >= 11 is 0. The van der Waals surface area contributed by atoms with Crippen LogP contribution >= 0.6 is 0 Å². The monoisotopic (exact) mass is 316 g/mol. The molecule has 1 rings (SSSR count). The van der Waals surface area contributed by atoms with Gasteiger partial charge in [0.1, 0.15) is 5.82 Å². The van der Waals surface area contributed by atoms with Crippen molar-refractivity contribution in [2.45, 2.75) is 58.5 Å². The molecule has 21 heavy (non-hydrogen) atoms. The van der Waals surface area contributed by atoms with Gasteiger partial charge in [0.15, 0.2) is 5.03 Å². The van der Waals surface area contributed by atoms with E-state index in [4.69, 9.17) is 5.73 Å². The Balaban J connectivity index is 2.75. The lowest BCUT2D eigenvalue weighted by Gasteiger charge is -2.24. The largest absolute Gasteiger partial charge is 0.334 e. The summed E-state index contributed by atoms with van der Waals surface area (Å²) in [5.74, 6) is 0.722. The van der Waals surface area contributed by atoms with E-state index in [0.717, 1.165) is 31.6 Å². The van der Waals surface area contributed by atoms with Gasteiger partial charge in [0, 0.05) is 19.3 Å². The molecule has 3 N–H and O–H groups in total. The number of hydrogen-bond acceptors (Lipinski definition) is 4. The lowest BCUT2D eigenvalue weighted by atomic mass is 9.88. The van der Waals surface area contributed by atoms with Crippen LogP contribution in [-0.4, -0.2) is 31.1 Å². The van der Waals surface area contributed by atoms with Crippen molar-refractivity contribution in [3.05, 3.63) is 12.0 Å². The van der Waals surface area contributed by atoms with Gasteiger partial charge in [-0.1, -0.05) is 20.8 Å². The first-order valence-corrected chi connectivity index (χ1v) is 8.93. The van der Waals surface area contributed by atoms with Crippen LogP contribution in [0.4, 0.5) is 0 Å². The minimum absolute atomic E-state index is 0.100. The number of hydrogen-bond donors (Lipinski definition) is 2. The van der Waals surface area contributed by atoms with Gasteiger partial charge in [-0.3, -0.25) is 0 Å². The summed E-state index contributed by atoms with van der Waals surface area (Å²) in [5, 5.41) is 0.100. The number of imidazole rings is 1. The normalized spacial score (nSPS) is 12.8. The van der Waals surface area contributed by atoms with Crippen molar-refractivity contribution < 1.29 is 8.42 Å². The van der Waals surface area contributed by atoms with Crippen LogP contribution in [0.3, 0.4) is 0 Å². The fourth-order valence-corrected chi connectivity index (χ4v) is 3.36. The predicted octanol–water partition coefficient (Wildman–Crippen LogP) is 1.64. The van der Waals surface area contributed by atoms with Crippen LogP contribution in [-0.2, 0) is 16.6 Å². The molecule has 0 spiro atoms. The topological polar surface area (TPSA) is 90.0 Å². The molecule has 7 heteroatoms. The van der Waals surface area contributed by atoms with Crippen LogP contribution in [0.2, 0.25) is 0 Å². The lowest BCUT2D eigenvalue weighted by molar-refractivity contribution is 0.327. The molecule has 1 aromatic rings. The molecule has 0 aliphatic heterocycles. The first kappa shape index (κ1) is 18.1. The highest BCUT2D eigenvalue weighted by molar-refractivity contribution is 7.89. The van der Waals surface area contributed by atoms with Crippen molar-refractivity contribution in [1.82, 2.24) is 14.3 Å². The molecule has 0 aromatic carbocycles. The Morgan fingerprint density at radius 1 is 1.43 bits per heavy atom. The molecule has 0 atom stereocenters. The van der Waals surface area contributed by atoms with Gasteiger partial charge in [-0.15, -0.1) is 0 Å². The number of nitrogens with one attached hydrogen (secondary N) is 1. The van der Waals surface area contributed by atoms with Gasteiger partial charge in [-0.2, -0.15) is 0 Å². The van der Waals surface area contributed by atoms with Crippen molar-refractivity contribution >= 4 is 10.0 Å². The van der Waals surface area contributed by atoms with Crippen LogP contribution < -0.4 is 10.5 Å². The highest BCUT2D eigenvalue weighted by Crippen LogP contribution is 2.21. The quantitative estimate of drug-likeness (QED) is 0.725. The van der Waals surface area contributed by atoms with Crippen molar-refractivity contribution in [3.63, 3.8) is 0 Å². The second-order valence-corrected chi connectivity index (χ2v) is 7.91. The summed E-state index contributed by atoms with van der Waals surface area (Å²) in [6, 6.07) is 0. The minimum Gasteiger partial charge on any atom is -0.334 e. The molecule has 0 aliphatic rings. The molecule has 6 nitrogen and oxygen atoms in total. The Morgan fingerprint density at radius 2 is 2.10 bits per heavy atom. The molecule has 0 bridgehead atoms. The Bertz CT molecular complexity index is 549. The molecule has 1 heterocycles. The molecule has 0 saturated carbocycles. The Hall–Kier alpha value is -0.920. The van der Waals surface area contributed by atoms with Crippen LogP contribution in [0.1, 0.15) is 45.9 Å². The molecule has 0 radical (unpaired) electrons. The maximum absolute atomic E-state index is 12.3. The zero-order valence-electron chi connectivity index (χ0n) is 13.5. The number of rotatable bonds is 9. The van der Waals surface area contributed by atoms with E-state index in [1.807, 2.05) is 32.3 Å². The van der Waals surface area contributed by atoms with Gasteiger partial charge in [-0.25, -0.2) is 18.1 Å². The van der Waals surface area contributed by atoms with E-state index in [0.29, 0.717) is 13.1 Å². The number of nitrogens with two attached hydrogens (primary N) is 1. The molecule has 122 valence electrons. The third-order valence-corrected chi connectivity index (χ3v) is 4.76. The van der Waals surface area contributed by atoms with Crippen LogP contribution in [0.15, 0.2) is 11.2 Å². The van der Waals surface area contributed by atoms with E-state index in [9.17, 15) is 8.42 Å². The van der Waals surface area contributed by atoms with Gasteiger partial charge in [0.25, 0.3) is 10.0 Å². The SMILES string of the molecule is CCCn1cc(S(=O)(=O)NCC(C)(C)CCCN)nc1C. The summed E-state index contributed by atoms with van der Waals surface area (Å²) < 4.78 is 29.2. The maximum atomic E-state index is 12.3. The van der Waals surface area contributed by atoms with E-state index in [1.54, 1.807) is 6.20 Å². The summed E-state index contributed by atoms with van der Waals surface area (Å²) in [5.41, 5.74) is 5.39. The zero-order chi connectivity index (χ0) is 16.1. The minimum atomic E-state index is -3.55. The predicted molar refractivity (Wildman–Crippen MR) is 84.5 cm³/mol. The van der Waals surface area contributed by atoms with Gasteiger partial charge in [-0.05, 0) is 38.1 Å². The highest BCUT2D eigenvalue weighted by Gasteiger charge is 2.24. The average molecular weight is 316 g/mol. The van der Waals surface area contributed by atoms with E-state index in [2.05, 4.69) is 9.71 Å². The number of sulfonamides is 1. The van der Waals surface area contributed by atoms with E-state index in [1.165, 1.54) is 0 Å². The number of nitrogens with zero attached hydrogens (tertiary/aromatic N) is 2. The van der Waals surface area contributed by atoms with Crippen LogP contribution in [0.5, 0.6) is 0 Å². The summed E-state index contributed by atoms with van der Waals surface area (Å²) in [7, 11) is -3.55. The van der Waals surface area contributed by atoms with Crippen molar-refractivity contribution in [3.8, 4) is 0 Å². The summed E-state index contributed by atoms with van der Waals surface area (Å²) in [4.78, 5) is 4.16. The molecule has 0 amide bonds. The van der Waals surface area contributed by atoms with Gasteiger partial charge in [0.2, 0.25) is 0 Å². The number of aryl methyl sites for hydroxylation is 2. The van der Waals surface area contributed by atoms with Crippen molar-refractivity contribution in [2.75, 3.05) is 13.1 Å². The second kappa shape index (κ2) is 7.38. The molecular formula is C14H28N4O2S. The molecule has 1 aromatic heterocycles. The molecular weight excluding hydrogens is 288 g/mol. The van der Waals surface area contributed by atoms with Gasteiger partial charge < -0.3 is 10.3 Å². The zero-order valence-corrected chi connectivity index (χ0v) is 14.3. The summed E-state index contributed by atoms with van der Waals surface area (Å²) in [6.45, 7) is 9.71. The smallest absolute Gasteiger partial charge is 0.259 e. The first-order valence-electron chi connectivity index (χ1n) is 7.45. The highest BCUT2D eigenvalue weighted by atomic mass is 32.2. The third kappa shape index (κ3) is 5.41. The number of aromatic nitrogens is 2. The molecule has 0 saturated heterocycles. The van der Waals surface area contributed by atoms with E-state index >= 15 is 0 Å². The maximum Gasteiger partial charge on any atom is 0.259 e. The standard InChI is InChI=1S/C14H28N4O2S/c1-5-9-18-10-13(17-12(18)2)21(19,20)16-11-14(3,4)7-6-8-15/h10,16H,5-9,11,15H2,1-4H3. The van der Waals surface area contributed by atoms with E-state index in [-0.39, 0.29) is 10.4 Å². The molecule has 0 aliphatic carbocycles. The molecule has 0 unspecified atom stereocenters. The first-order chi connectivity index (χ1) is 9.72. The third-order valence-electron chi connectivity index (χ3n) is 3.49. The lowest BCUT2D eigenvalue weighted by Crippen LogP contribution is -2.34. The van der Waals surface area contributed by atoms with Gasteiger partial charge >= 0.3 is 0 Å². The fraction of sp³-hybridized carbons (Fsp3) is 0.786. The fourth-order valence-electron chi connectivity index (χ4n) is 2.11. The Kier molecular flexibility index (Phi) is 6.37. The second-order valence-electron chi connectivity index (χ2n) is 6.20. The van der Waals surface area contributed by atoms with Crippen LogP contribution in [0, 0.1) is 12.3 Å². The van der Waals surface area contributed by atoms with Gasteiger partial charge in [0.05, 0.1) is 0 Å². The Morgan fingerprint density at radius 3 is 2.67 bits per heavy atom. The van der Waals surface area contributed by atoms with E-state index < -0.39 is 10.0 Å². The van der Waals surface area contributed by atoms with Crippen LogP contribution in [0.25, 0.3) is 0 Å².